The van der Waals surface area contributed by atoms with E-state index in [1.165, 1.54) is 0 Å². The Morgan fingerprint density at radius 1 is 0.375 bits per heavy atom. The van der Waals surface area contributed by atoms with Gasteiger partial charge in [0, 0.05) is 65.2 Å². The van der Waals surface area contributed by atoms with E-state index in [4.69, 9.17) is 196 Å². The van der Waals surface area contributed by atoms with Crippen LogP contribution in [0.25, 0.3) is 82.3 Å². The number of nitrogens with zero attached hydrogens (tertiary/aromatic N) is 4. The monoisotopic (exact) mass is 1160 g/mol. The van der Waals surface area contributed by atoms with E-state index in [9.17, 15) is 0 Å². The lowest BCUT2D eigenvalue weighted by Crippen LogP contribution is -2.00. The zero-order valence-electron chi connectivity index (χ0n) is 30.9. The number of hydrogen-bond donors (Lipinski definition) is 0. The summed E-state index contributed by atoms with van der Waals surface area (Å²) in [4.78, 5) is 9.93. The first-order valence-electron chi connectivity index (χ1n) is 17.9. The molecule has 322 valence electrons. The van der Waals surface area contributed by atoms with Crippen LogP contribution in [0.5, 0.6) is 0 Å². The molecular formula is C44H14Cl16N4. The third-order valence-corrected chi connectivity index (χ3v) is 15.7. The Bertz CT molecular complexity index is 3400. The molecule has 0 aliphatic carbocycles. The van der Waals surface area contributed by atoms with Crippen molar-refractivity contribution < 1.29 is 0 Å². The van der Waals surface area contributed by atoms with Crippen LogP contribution in [-0.4, -0.2) is 18.6 Å². The fourth-order valence-corrected chi connectivity index (χ4v) is 12.5. The minimum absolute atomic E-state index is 0.00131. The maximum Gasteiger partial charge on any atom is 0.105 e. The number of para-hydroxylation sites is 1. The largest absolute Gasteiger partial charge is 0.306 e. The lowest BCUT2D eigenvalue weighted by molar-refractivity contribution is 1.17. The Morgan fingerprint density at radius 2 is 0.781 bits per heavy atom. The predicted octanol–water partition coefficient (Wildman–Crippen LogP) is 21.1. The standard InChI is InChI=1S/C44H14Cl16N4/c45-16-5-1-6-17(46)26(16)29-25-14-15-13-24(53)38(61-15)36(58)43-34(56)35(57)44(64(43)60)37(59)40-33(55)32(54)39(62-40)31(28-20(49)9-3-10-21(28)50)42(30(29)27-18(47)7-2-8-19(27)48)63(25)41-22(51)11-4-12-23(41)52/h1-14H. The number of benzene rings is 4. The van der Waals surface area contributed by atoms with Crippen LogP contribution in [0.15, 0.2) is 78.9 Å². The highest BCUT2D eigenvalue weighted by Crippen LogP contribution is 2.57. The molecule has 4 nitrogen and oxygen atoms in total. The molecule has 0 amide bonds. The van der Waals surface area contributed by atoms with Crippen molar-refractivity contribution >= 4 is 229 Å². The van der Waals surface area contributed by atoms with Crippen molar-refractivity contribution in [1.82, 2.24) is 18.6 Å². The normalized spacial score (nSPS) is 12.7. The molecule has 0 fully saturated rings. The lowest BCUT2D eigenvalue weighted by Gasteiger charge is -2.18. The van der Waals surface area contributed by atoms with Crippen molar-refractivity contribution in [1.29, 1.82) is 0 Å². The van der Waals surface area contributed by atoms with E-state index in [0.717, 1.165) is 4.09 Å². The summed E-state index contributed by atoms with van der Waals surface area (Å²) in [5.41, 5.74) is 2.50. The fourth-order valence-electron chi connectivity index (χ4n) is 7.55. The average molecular weight is 1170 g/mol. The van der Waals surface area contributed by atoms with E-state index in [2.05, 4.69) is 0 Å². The molecule has 0 saturated carbocycles. The summed E-state index contributed by atoms with van der Waals surface area (Å²) >= 11 is 115. The van der Waals surface area contributed by atoms with Crippen molar-refractivity contribution in [3.63, 3.8) is 0 Å². The molecular weight excluding hydrogens is 1150 g/mol. The van der Waals surface area contributed by atoms with Crippen molar-refractivity contribution in [2.75, 3.05) is 0 Å². The summed E-state index contributed by atoms with van der Waals surface area (Å²) in [6.07, 6.45) is 1.57. The molecule has 0 N–H and O–H groups in total. The molecule has 2 aliphatic heterocycles. The summed E-state index contributed by atoms with van der Waals surface area (Å²) in [6.45, 7) is 0. The third kappa shape index (κ3) is 7.61. The van der Waals surface area contributed by atoms with E-state index < -0.39 is 0 Å². The maximum absolute atomic E-state index is 7.38. The van der Waals surface area contributed by atoms with E-state index in [1.807, 2.05) is 0 Å². The second kappa shape index (κ2) is 18.2. The highest BCUT2D eigenvalue weighted by atomic mass is 35.5. The fraction of sp³-hybridized carbons (Fsp3) is 0. The van der Waals surface area contributed by atoms with Gasteiger partial charge < -0.3 is 4.57 Å². The molecule has 3 aromatic heterocycles. The molecule has 4 aromatic carbocycles. The second-order valence-corrected chi connectivity index (χ2v) is 20.0. The summed E-state index contributed by atoms with van der Waals surface area (Å²) in [7, 11) is 0. The minimum atomic E-state index is -0.189. The van der Waals surface area contributed by atoms with Crippen molar-refractivity contribution in [2.45, 2.75) is 0 Å². The maximum atomic E-state index is 7.38. The van der Waals surface area contributed by atoms with Gasteiger partial charge in [0.15, 0.2) is 0 Å². The Kier molecular flexibility index (Phi) is 13.4. The minimum Gasteiger partial charge on any atom is -0.306 e. The Morgan fingerprint density at radius 3 is 1.27 bits per heavy atom. The number of aromatic nitrogens is 4. The molecule has 20 heteroatoms. The van der Waals surface area contributed by atoms with Crippen LogP contribution in [0.3, 0.4) is 0 Å². The van der Waals surface area contributed by atoms with Gasteiger partial charge >= 0.3 is 0 Å². The van der Waals surface area contributed by atoms with Gasteiger partial charge in [-0.25, -0.2) is 14.1 Å². The molecule has 0 unspecified atom stereocenters. The van der Waals surface area contributed by atoms with Gasteiger partial charge in [0.05, 0.1) is 94.4 Å². The molecule has 2 aliphatic rings. The Hall–Kier alpha value is -1.88. The average Bonchev–Trinajstić information content (AvgIpc) is 3.91. The van der Waals surface area contributed by atoms with Crippen LogP contribution in [0.2, 0.25) is 60.3 Å². The molecule has 0 atom stereocenters. The summed E-state index contributed by atoms with van der Waals surface area (Å²) in [6, 6.07) is 21.7. The van der Waals surface area contributed by atoms with Crippen LogP contribution >= 0.6 is 186 Å². The van der Waals surface area contributed by atoms with E-state index in [-0.39, 0.29) is 132 Å². The molecule has 5 heterocycles. The van der Waals surface area contributed by atoms with Crippen LogP contribution in [0.4, 0.5) is 0 Å². The first-order chi connectivity index (χ1) is 30.4. The van der Waals surface area contributed by atoms with E-state index in [1.54, 1.807) is 89.5 Å². The molecule has 9 rings (SSSR count). The predicted molar refractivity (Wildman–Crippen MR) is 280 cm³/mol. The highest BCUT2D eigenvalue weighted by molar-refractivity contribution is 6.67. The molecule has 0 spiro atoms. The van der Waals surface area contributed by atoms with Crippen molar-refractivity contribution in [3.05, 3.63) is 162 Å². The van der Waals surface area contributed by atoms with E-state index >= 15 is 0 Å². The van der Waals surface area contributed by atoms with Crippen LogP contribution in [0.1, 0.15) is 22.8 Å². The molecule has 0 saturated heterocycles. The zero-order chi connectivity index (χ0) is 45.8. The van der Waals surface area contributed by atoms with Crippen molar-refractivity contribution in [2.24, 2.45) is 0 Å². The first kappa shape index (κ1) is 47.2. The SMILES string of the molecule is ClC1=Cc2cc3c(-c4c(Cl)cccc4Cl)c(-c4c(Cl)cccc4Cl)c(c(-c4c(Cl)cccc4Cl)c4nc(c(Cl)c5c(Cl)c(Cl)c(c(Cl)c1n2)n5Cl)C(Cl)=C4Cl)n3-c1c(Cl)cccc1Cl. The van der Waals surface area contributed by atoms with Gasteiger partial charge in [0.1, 0.15) is 11.4 Å². The van der Waals surface area contributed by atoms with Crippen molar-refractivity contribution in [3.8, 4) is 39.1 Å². The highest BCUT2D eigenvalue weighted by Gasteiger charge is 2.35. The number of hydrogen-bond acceptors (Lipinski definition) is 2. The Labute approximate surface area is 443 Å². The van der Waals surface area contributed by atoms with Gasteiger partial charge in [-0.3, -0.25) is 0 Å². The van der Waals surface area contributed by atoms with Gasteiger partial charge in [-0.1, -0.05) is 198 Å². The van der Waals surface area contributed by atoms with E-state index in [0.29, 0.717) is 27.8 Å². The molecule has 64 heavy (non-hydrogen) atoms. The van der Waals surface area contributed by atoms with Crippen LogP contribution in [-0.2, 0) is 0 Å². The van der Waals surface area contributed by atoms with Gasteiger partial charge in [-0.15, -0.1) is 0 Å². The van der Waals surface area contributed by atoms with Gasteiger partial charge in [0.2, 0.25) is 0 Å². The third-order valence-electron chi connectivity index (χ3n) is 10.2. The quantitative estimate of drug-likeness (QED) is 0.176. The van der Waals surface area contributed by atoms with Crippen LogP contribution < -0.4 is 0 Å². The topological polar surface area (TPSA) is 35.6 Å². The first-order valence-corrected chi connectivity index (χ1v) is 23.9. The lowest BCUT2D eigenvalue weighted by atomic mass is 9.92. The van der Waals surface area contributed by atoms with Gasteiger partial charge in [0.25, 0.3) is 0 Å². The summed E-state index contributed by atoms with van der Waals surface area (Å²) < 4.78 is 2.78. The molecule has 8 bridgehead atoms. The summed E-state index contributed by atoms with van der Waals surface area (Å²) in [5, 5.41) is 0.844. The number of rotatable bonds is 4. The summed E-state index contributed by atoms with van der Waals surface area (Å²) in [5.74, 6) is 0. The molecule has 7 aromatic rings. The number of halogens is 16. The Balaban J connectivity index is 1.79. The second-order valence-electron chi connectivity index (χ2n) is 13.7. The van der Waals surface area contributed by atoms with Crippen LogP contribution in [0, 0.1) is 0 Å². The number of fused-ring (bicyclic) bond motifs is 8. The van der Waals surface area contributed by atoms with Gasteiger partial charge in [-0.05, 0) is 60.7 Å². The van der Waals surface area contributed by atoms with Gasteiger partial charge in [-0.2, -0.15) is 0 Å². The molecule has 0 radical (unpaired) electrons. The smallest absolute Gasteiger partial charge is 0.105 e. The zero-order valence-corrected chi connectivity index (χ0v) is 43.0.